The largest absolute Gasteiger partial charge is 0.462 e. The van der Waals surface area contributed by atoms with Crippen LogP contribution >= 0.6 is 0 Å². The van der Waals surface area contributed by atoms with Crippen LogP contribution in [0.4, 0.5) is 4.39 Å². The van der Waals surface area contributed by atoms with E-state index in [1.54, 1.807) is 16.8 Å². The van der Waals surface area contributed by atoms with Gasteiger partial charge in [0, 0.05) is 30.4 Å². The molecule has 2 aliphatic heterocycles. The van der Waals surface area contributed by atoms with Gasteiger partial charge in [0.25, 0.3) is 6.47 Å². The summed E-state index contributed by atoms with van der Waals surface area (Å²) in [6.07, 6.45) is 3.78. The molecule has 3 heterocycles. The highest BCUT2D eigenvalue weighted by Crippen LogP contribution is 2.47. The third kappa shape index (κ3) is 4.68. The smallest absolute Gasteiger partial charge is 0.293 e. The molecule has 0 saturated carbocycles. The lowest BCUT2D eigenvalue weighted by molar-refractivity contribution is -0.138. The number of carbonyl (C=O) groups excluding carboxylic acids is 1. The van der Waals surface area contributed by atoms with Gasteiger partial charge in [0.15, 0.2) is 5.72 Å². The third-order valence-corrected chi connectivity index (χ3v) is 5.26. The lowest BCUT2D eigenvalue weighted by Crippen LogP contribution is -2.17. The van der Waals surface area contributed by atoms with Gasteiger partial charge in [0.05, 0.1) is 18.5 Å². The second kappa shape index (κ2) is 8.24. The summed E-state index contributed by atoms with van der Waals surface area (Å²) in [7, 11) is 0. The van der Waals surface area contributed by atoms with E-state index in [1.165, 1.54) is 17.7 Å². The van der Waals surface area contributed by atoms with Gasteiger partial charge in [-0.15, -0.1) is 0 Å². The van der Waals surface area contributed by atoms with Crippen molar-refractivity contribution in [2.75, 3.05) is 19.7 Å². The van der Waals surface area contributed by atoms with Crippen molar-refractivity contribution in [3.63, 3.8) is 0 Å². The van der Waals surface area contributed by atoms with Crippen LogP contribution in [0, 0.1) is 5.82 Å². The Kier molecular flexibility index (Phi) is 5.64. The first-order valence-electron chi connectivity index (χ1n) is 10.2. The van der Waals surface area contributed by atoms with Crippen LogP contribution in [0.3, 0.4) is 0 Å². The average molecular weight is 423 g/mol. The van der Waals surface area contributed by atoms with E-state index in [9.17, 15) is 9.18 Å². The quantitative estimate of drug-likeness (QED) is 0.466. The first-order chi connectivity index (χ1) is 14.8. The Bertz CT molecular complexity index is 1040. The maximum absolute atomic E-state index is 13.0. The van der Waals surface area contributed by atoms with Crippen LogP contribution in [0.1, 0.15) is 26.3 Å². The van der Waals surface area contributed by atoms with E-state index in [1.807, 2.05) is 33.2 Å². The molecule has 1 aromatic heterocycles. The molecule has 2 unspecified atom stereocenters. The molecule has 0 N–H and O–H groups in total. The lowest BCUT2D eigenvalue weighted by atomic mass is 10.0. The molecule has 2 atom stereocenters. The van der Waals surface area contributed by atoms with Crippen molar-refractivity contribution in [3.05, 3.63) is 72.3 Å². The second-order valence-electron chi connectivity index (χ2n) is 8.61. The van der Waals surface area contributed by atoms with Crippen LogP contribution in [0.5, 0.6) is 0 Å². The number of hydrogen-bond acceptors (Lipinski definition) is 5. The normalized spacial score (nSPS) is 21.6. The number of benzene rings is 2. The fourth-order valence-corrected chi connectivity index (χ4v) is 3.58. The minimum Gasteiger partial charge on any atom is -0.462 e. The zero-order valence-corrected chi connectivity index (χ0v) is 17.9. The Balaban J connectivity index is 0.000000289. The summed E-state index contributed by atoms with van der Waals surface area (Å²) in [5, 5.41) is 4.38. The van der Waals surface area contributed by atoms with Crippen molar-refractivity contribution in [1.82, 2.24) is 14.7 Å². The van der Waals surface area contributed by atoms with E-state index in [0.717, 1.165) is 36.5 Å². The van der Waals surface area contributed by atoms with Gasteiger partial charge >= 0.3 is 0 Å². The number of ether oxygens (including phenoxy) is 2. The zero-order valence-electron chi connectivity index (χ0n) is 17.9. The standard InChI is InChI=1S/C19H16FN3O.C5H10O2/c20-17-5-7-18(8-6-17)23-12-15(11-21-23)14-1-3-16(4-2-14)19-13-22(19)9-10-24-19;1-5(2,3)7-4-6/h1-8,11-12H,9-10,13H2;4H,1-3H3. The fraction of sp³-hybridized carbons (Fsp3) is 0.333. The number of nitrogens with zero attached hydrogens (tertiary/aromatic N) is 3. The molecular formula is C24H26FN3O3. The molecular weight excluding hydrogens is 397 g/mol. The minimum atomic E-state index is -0.318. The molecule has 0 bridgehead atoms. The van der Waals surface area contributed by atoms with Crippen LogP contribution in [0.2, 0.25) is 0 Å². The molecule has 3 aromatic rings. The Hall–Kier alpha value is -3.03. The first-order valence-corrected chi connectivity index (χ1v) is 10.2. The maximum atomic E-state index is 13.0. The third-order valence-electron chi connectivity index (χ3n) is 5.26. The van der Waals surface area contributed by atoms with Gasteiger partial charge in [-0.05, 0) is 50.6 Å². The van der Waals surface area contributed by atoms with E-state index < -0.39 is 0 Å². The van der Waals surface area contributed by atoms with E-state index in [4.69, 9.17) is 4.74 Å². The number of fused-ring (bicyclic) bond motifs is 1. The summed E-state index contributed by atoms with van der Waals surface area (Å²) < 4.78 is 25.2. The highest BCUT2D eigenvalue weighted by molar-refractivity contribution is 5.63. The topological polar surface area (TPSA) is 56.4 Å². The van der Waals surface area contributed by atoms with E-state index in [-0.39, 0.29) is 17.1 Å². The molecule has 2 saturated heterocycles. The van der Waals surface area contributed by atoms with E-state index in [2.05, 4.69) is 39.0 Å². The number of rotatable bonds is 4. The summed E-state index contributed by atoms with van der Waals surface area (Å²) in [5.41, 5.74) is 3.72. The van der Waals surface area contributed by atoms with Crippen LogP contribution in [-0.4, -0.2) is 46.5 Å². The van der Waals surface area contributed by atoms with Crippen molar-refractivity contribution in [2.45, 2.75) is 32.1 Å². The molecule has 7 heteroatoms. The molecule has 2 fully saturated rings. The lowest BCUT2D eigenvalue weighted by Gasteiger charge is -2.14. The summed E-state index contributed by atoms with van der Waals surface area (Å²) in [5.74, 6) is -0.246. The molecule has 0 aliphatic carbocycles. The van der Waals surface area contributed by atoms with Gasteiger partial charge in [-0.2, -0.15) is 5.10 Å². The first kappa shape index (κ1) is 21.2. The summed E-state index contributed by atoms with van der Waals surface area (Å²) >= 11 is 0. The molecule has 0 radical (unpaired) electrons. The van der Waals surface area contributed by atoms with Crippen molar-refractivity contribution < 1.29 is 18.7 Å². The van der Waals surface area contributed by atoms with E-state index >= 15 is 0 Å². The summed E-state index contributed by atoms with van der Waals surface area (Å²) in [6, 6.07) is 14.8. The summed E-state index contributed by atoms with van der Waals surface area (Å²) in [4.78, 5) is 11.9. The molecule has 0 spiro atoms. The van der Waals surface area contributed by atoms with Crippen molar-refractivity contribution in [3.8, 4) is 16.8 Å². The molecule has 31 heavy (non-hydrogen) atoms. The fourth-order valence-electron chi connectivity index (χ4n) is 3.58. The molecule has 162 valence electrons. The Labute approximate surface area is 181 Å². The van der Waals surface area contributed by atoms with Gasteiger partial charge < -0.3 is 9.47 Å². The van der Waals surface area contributed by atoms with Gasteiger partial charge in [0.2, 0.25) is 0 Å². The SMILES string of the molecule is CC(C)(C)OC=O.Fc1ccc(-n2cc(-c3ccc(C45CN4CCO5)cc3)cn2)cc1. The van der Waals surface area contributed by atoms with Gasteiger partial charge in [-0.1, -0.05) is 24.3 Å². The van der Waals surface area contributed by atoms with Gasteiger partial charge in [0.1, 0.15) is 11.4 Å². The van der Waals surface area contributed by atoms with Crippen LogP contribution in [-0.2, 0) is 20.0 Å². The molecule has 6 nitrogen and oxygen atoms in total. The maximum Gasteiger partial charge on any atom is 0.293 e. The van der Waals surface area contributed by atoms with Crippen LogP contribution in [0.15, 0.2) is 60.9 Å². The number of morpholine rings is 1. The Morgan fingerprint density at radius 2 is 1.81 bits per heavy atom. The average Bonchev–Trinajstić information content (AvgIpc) is 3.07. The number of hydrogen-bond donors (Lipinski definition) is 0. The van der Waals surface area contributed by atoms with Crippen molar-refractivity contribution in [2.24, 2.45) is 0 Å². The van der Waals surface area contributed by atoms with Crippen LogP contribution < -0.4 is 0 Å². The highest BCUT2D eigenvalue weighted by atomic mass is 19.1. The molecule has 2 aromatic carbocycles. The van der Waals surface area contributed by atoms with E-state index in [0.29, 0.717) is 6.47 Å². The van der Waals surface area contributed by atoms with Crippen molar-refractivity contribution >= 4 is 6.47 Å². The number of aromatic nitrogens is 2. The molecule has 0 amide bonds. The Morgan fingerprint density at radius 3 is 2.32 bits per heavy atom. The molecule has 5 rings (SSSR count). The minimum absolute atomic E-state index is 0.156. The van der Waals surface area contributed by atoms with Crippen LogP contribution in [0.25, 0.3) is 16.8 Å². The number of carbonyl (C=O) groups is 1. The summed E-state index contributed by atoms with van der Waals surface area (Å²) in [6.45, 7) is 8.75. The molecule has 2 aliphatic rings. The van der Waals surface area contributed by atoms with Gasteiger partial charge in [-0.25, -0.2) is 9.07 Å². The monoisotopic (exact) mass is 423 g/mol. The highest BCUT2D eigenvalue weighted by Gasteiger charge is 2.58. The number of halogens is 1. The Morgan fingerprint density at radius 1 is 1.10 bits per heavy atom. The predicted molar refractivity (Wildman–Crippen MR) is 115 cm³/mol. The van der Waals surface area contributed by atoms with Gasteiger partial charge in [-0.3, -0.25) is 9.69 Å². The predicted octanol–water partition coefficient (Wildman–Crippen LogP) is 4.13. The van der Waals surface area contributed by atoms with Crippen molar-refractivity contribution in [1.29, 1.82) is 0 Å². The second-order valence-corrected chi connectivity index (χ2v) is 8.61. The zero-order chi connectivity index (χ0) is 22.1.